The average Bonchev–Trinajstić information content (AvgIpc) is 3.46. The molecule has 4 aromatic rings. The van der Waals surface area contributed by atoms with Crippen molar-refractivity contribution in [3.05, 3.63) is 57.7 Å². The highest BCUT2D eigenvalue weighted by Crippen LogP contribution is 2.35. The quantitative estimate of drug-likeness (QED) is 0.402. The Balaban J connectivity index is 1.76. The Morgan fingerprint density at radius 1 is 1.10 bits per heavy atom. The fraction of sp³-hybridized carbons (Fsp3) is 0.273. The molecular weight excluding hydrogens is 398 g/mol. The summed E-state index contributed by atoms with van der Waals surface area (Å²) in [6.45, 7) is 4.95. The molecule has 4 rings (SSSR count). The van der Waals surface area contributed by atoms with Crippen LogP contribution in [0.15, 0.2) is 47.3 Å². The van der Waals surface area contributed by atoms with Gasteiger partial charge in [0.2, 0.25) is 5.82 Å². The number of hydrogen-bond acceptors (Lipinski definition) is 6. The Morgan fingerprint density at radius 2 is 1.93 bits per heavy atom. The average molecular weight is 422 g/mol. The van der Waals surface area contributed by atoms with Crippen LogP contribution in [0.3, 0.4) is 0 Å². The van der Waals surface area contributed by atoms with Crippen LogP contribution < -0.4 is 10.3 Å². The molecule has 3 aromatic heterocycles. The summed E-state index contributed by atoms with van der Waals surface area (Å²) in [5.41, 5.74) is 2.59. The molecule has 0 amide bonds. The molecule has 7 nitrogen and oxygen atoms in total. The number of aromatic nitrogens is 5. The van der Waals surface area contributed by atoms with E-state index in [1.54, 1.807) is 11.3 Å². The number of rotatable bonds is 8. The van der Waals surface area contributed by atoms with E-state index in [0.717, 1.165) is 46.7 Å². The van der Waals surface area contributed by atoms with Gasteiger partial charge < -0.3 is 9.72 Å². The SMILES string of the molecule is CCCCOc1ccc(-c2cc(-c3ccc(CC)s3)c(-c3nn[nH]n3)c(=O)[nH]2)cc1. The number of nitrogens with zero attached hydrogens (tertiary/aromatic N) is 3. The molecule has 0 atom stereocenters. The molecular formula is C22H23N5O2S. The van der Waals surface area contributed by atoms with Gasteiger partial charge in [-0.2, -0.15) is 5.21 Å². The lowest BCUT2D eigenvalue weighted by Gasteiger charge is -2.10. The summed E-state index contributed by atoms with van der Waals surface area (Å²) in [5.74, 6) is 1.10. The minimum absolute atomic E-state index is 0.251. The van der Waals surface area contributed by atoms with Crippen LogP contribution in [-0.2, 0) is 6.42 Å². The predicted octanol–water partition coefficient (Wildman–Crippen LogP) is 4.69. The first-order chi connectivity index (χ1) is 14.7. The van der Waals surface area contributed by atoms with E-state index in [1.807, 2.05) is 36.4 Å². The molecule has 0 aliphatic rings. The van der Waals surface area contributed by atoms with Gasteiger partial charge in [0, 0.05) is 21.0 Å². The Hall–Kier alpha value is -3.26. The molecule has 3 heterocycles. The number of aryl methyl sites for hydroxylation is 1. The first kappa shape index (κ1) is 20.0. The topological polar surface area (TPSA) is 96.6 Å². The zero-order valence-corrected chi connectivity index (χ0v) is 17.8. The van der Waals surface area contributed by atoms with E-state index in [2.05, 4.69) is 45.5 Å². The molecule has 0 saturated heterocycles. The number of benzene rings is 1. The number of thiophene rings is 1. The number of tetrazole rings is 1. The van der Waals surface area contributed by atoms with E-state index in [-0.39, 0.29) is 11.4 Å². The number of H-pyrrole nitrogens is 2. The molecule has 0 unspecified atom stereocenters. The van der Waals surface area contributed by atoms with Gasteiger partial charge in [0.25, 0.3) is 5.56 Å². The molecule has 0 aliphatic carbocycles. The van der Waals surface area contributed by atoms with Crippen molar-refractivity contribution < 1.29 is 4.74 Å². The van der Waals surface area contributed by atoms with Crippen molar-refractivity contribution in [2.45, 2.75) is 33.1 Å². The Bertz CT molecular complexity index is 1160. The van der Waals surface area contributed by atoms with Crippen LogP contribution in [-0.4, -0.2) is 32.2 Å². The summed E-state index contributed by atoms with van der Waals surface area (Å²) in [6.07, 6.45) is 3.06. The number of ether oxygens (including phenoxy) is 1. The lowest BCUT2D eigenvalue weighted by molar-refractivity contribution is 0.309. The van der Waals surface area contributed by atoms with Gasteiger partial charge in [-0.25, -0.2) is 0 Å². The minimum atomic E-state index is -0.251. The maximum atomic E-state index is 13.0. The first-order valence-corrected chi connectivity index (χ1v) is 10.8. The van der Waals surface area contributed by atoms with E-state index >= 15 is 0 Å². The van der Waals surface area contributed by atoms with Gasteiger partial charge >= 0.3 is 0 Å². The third-order valence-corrected chi connectivity index (χ3v) is 6.07. The second-order valence-corrected chi connectivity index (χ2v) is 8.05. The van der Waals surface area contributed by atoms with Crippen molar-refractivity contribution in [3.63, 3.8) is 0 Å². The number of hydrogen-bond donors (Lipinski definition) is 2. The molecule has 0 radical (unpaired) electrons. The monoisotopic (exact) mass is 421 g/mol. The third-order valence-electron chi connectivity index (χ3n) is 4.81. The molecule has 0 fully saturated rings. The maximum Gasteiger partial charge on any atom is 0.260 e. The normalized spacial score (nSPS) is 11.0. The molecule has 0 bridgehead atoms. The summed E-state index contributed by atoms with van der Waals surface area (Å²) in [4.78, 5) is 18.2. The molecule has 0 aliphatic heterocycles. The van der Waals surface area contributed by atoms with Gasteiger partial charge in [0.1, 0.15) is 5.75 Å². The summed E-state index contributed by atoms with van der Waals surface area (Å²) >= 11 is 1.66. The standard InChI is InChI=1S/C22H23N5O2S/c1-3-5-12-29-15-8-6-14(7-9-15)18-13-17(19-11-10-16(4-2)30-19)20(22(28)23-18)21-24-26-27-25-21/h6-11,13H,3-5,12H2,1-2H3,(H,23,28)(H,24,25,26,27). The van der Waals surface area contributed by atoms with Crippen LogP contribution in [0, 0.1) is 0 Å². The molecule has 0 saturated carbocycles. The lowest BCUT2D eigenvalue weighted by atomic mass is 10.0. The van der Waals surface area contributed by atoms with Crippen LogP contribution in [0.25, 0.3) is 33.1 Å². The van der Waals surface area contributed by atoms with Gasteiger partial charge in [-0.15, -0.1) is 21.5 Å². The zero-order chi connectivity index (χ0) is 20.9. The zero-order valence-electron chi connectivity index (χ0n) is 16.9. The summed E-state index contributed by atoms with van der Waals surface area (Å²) < 4.78 is 5.74. The fourth-order valence-corrected chi connectivity index (χ4v) is 4.15. The minimum Gasteiger partial charge on any atom is -0.494 e. The van der Waals surface area contributed by atoms with Gasteiger partial charge in [-0.3, -0.25) is 4.79 Å². The number of nitrogens with one attached hydrogen (secondary N) is 2. The molecule has 154 valence electrons. The van der Waals surface area contributed by atoms with Gasteiger partial charge in [-0.1, -0.05) is 20.3 Å². The summed E-state index contributed by atoms with van der Waals surface area (Å²) in [6, 6.07) is 13.9. The van der Waals surface area contributed by atoms with E-state index in [0.29, 0.717) is 12.2 Å². The highest BCUT2D eigenvalue weighted by atomic mass is 32.1. The van der Waals surface area contributed by atoms with Crippen molar-refractivity contribution in [2.75, 3.05) is 6.61 Å². The van der Waals surface area contributed by atoms with Crippen LogP contribution in [0.2, 0.25) is 0 Å². The van der Waals surface area contributed by atoms with Crippen molar-refractivity contribution >= 4 is 11.3 Å². The molecule has 8 heteroatoms. The fourth-order valence-electron chi connectivity index (χ4n) is 3.18. The maximum absolute atomic E-state index is 13.0. The van der Waals surface area contributed by atoms with Crippen LogP contribution >= 0.6 is 11.3 Å². The second-order valence-electron chi connectivity index (χ2n) is 6.88. The number of pyridine rings is 1. The Morgan fingerprint density at radius 3 is 2.60 bits per heavy atom. The van der Waals surface area contributed by atoms with Crippen LogP contribution in [0.1, 0.15) is 31.6 Å². The Labute approximate surface area is 178 Å². The van der Waals surface area contributed by atoms with Gasteiger partial charge in [0.05, 0.1) is 12.2 Å². The Kier molecular flexibility index (Phi) is 6.04. The highest BCUT2D eigenvalue weighted by Gasteiger charge is 2.19. The highest BCUT2D eigenvalue weighted by molar-refractivity contribution is 7.15. The number of unbranched alkanes of at least 4 members (excludes halogenated alkanes) is 1. The van der Waals surface area contributed by atoms with Crippen LogP contribution in [0.5, 0.6) is 5.75 Å². The molecule has 1 aromatic carbocycles. The third kappa shape index (κ3) is 4.18. The molecule has 30 heavy (non-hydrogen) atoms. The molecule has 0 spiro atoms. The predicted molar refractivity (Wildman–Crippen MR) is 119 cm³/mol. The van der Waals surface area contributed by atoms with Crippen LogP contribution in [0.4, 0.5) is 0 Å². The summed E-state index contributed by atoms with van der Waals surface area (Å²) in [7, 11) is 0. The van der Waals surface area contributed by atoms with Crippen molar-refractivity contribution in [1.82, 2.24) is 25.6 Å². The van der Waals surface area contributed by atoms with E-state index in [9.17, 15) is 4.79 Å². The van der Waals surface area contributed by atoms with E-state index < -0.39 is 0 Å². The first-order valence-electron chi connectivity index (χ1n) is 10.0. The second kappa shape index (κ2) is 9.04. The smallest absolute Gasteiger partial charge is 0.260 e. The van der Waals surface area contributed by atoms with Crippen molar-refractivity contribution in [2.24, 2.45) is 0 Å². The lowest BCUT2D eigenvalue weighted by Crippen LogP contribution is -2.12. The van der Waals surface area contributed by atoms with Crippen molar-refractivity contribution in [3.8, 4) is 38.8 Å². The molecule has 2 N–H and O–H groups in total. The van der Waals surface area contributed by atoms with E-state index in [1.165, 1.54) is 4.88 Å². The van der Waals surface area contributed by atoms with E-state index in [4.69, 9.17) is 4.74 Å². The largest absolute Gasteiger partial charge is 0.494 e. The number of aromatic amines is 2. The summed E-state index contributed by atoms with van der Waals surface area (Å²) in [5, 5.41) is 14.1. The van der Waals surface area contributed by atoms with Gasteiger partial charge in [-0.05, 0) is 66.1 Å². The van der Waals surface area contributed by atoms with Gasteiger partial charge in [0.15, 0.2) is 0 Å². The van der Waals surface area contributed by atoms with Crippen molar-refractivity contribution in [1.29, 1.82) is 0 Å².